The highest BCUT2D eigenvalue weighted by Gasteiger charge is 2.29. The summed E-state index contributed by atoms with van der Waals surface area (Å²) >= 11 is 2.15. The third-order valence-electron chi connectivity index (χ3n) is 3.14. The molecule has 0 N–H and O–H groups in total. The normalized spacial score (nSPS) is 13.2. The van der Waals surface area contributed by atoms with Crippen molar-refractivity contribution in [3.05, 3.63) is 67.8 Å². The summed E-state index contributed by atoms with van der Waals surface area (Å²) in [6.45, 7) is 1.92. The third-order valence-corrected chi connectivity index (χ3v) is 3.81. The van der Waals surface area contributed by atoms with E-state index in [1.807, 2.05) is 19.1 Å². The number of ketones is 2. The maximum atomic E-state index is 12.4. The predicted molar refractivity (Wildman–Crippen MR) is 77.2 cm³/mol. The molecule has 0 saturated heterocycles. The summed E-state index contributed by atoms with van der Waals surface area (Å²) in [5.74, 6) is -0.113. The van der Waals surface area contributed by atoms with Gasteiger partial charge in [0.1, 0.15) is 0 Å². The minimum absolute atomic E-state index is 0.0539. The number of carbonyl (C=O) groups excluding carboxylic acids is 2. The first kappa shape index (κ1) is 11.6. The number of hydrogen-bond donors (Lipinski definition) is 0. The molecular formula is C15H9IO2. The molecule has 0 heterocycles. The van der Waals surface area contributed by atoms with Crippen LogP contribution in [-0.4, -0.2) is 11.6 Å². The van der Waals surface area contributed by atoms with Gasteiger partial charge in [-0.3, -0.25) is 9.59 Å². The Bertz CT molecular complexity index is 644. The summed E-state index contributed by atoms with van der Waals surface area (Å²) in [4.78, 5) is 24.7. The van der Waals surface area contributed by atoms with Crippen LogP contribution in [0.1, 0.15) is 37.4 Å². The lowest BCUT2D eigenvalue weighted by atomic mass is 9.83. The van der Waals surface area contributed by atoms with Gasteiger partial charge in [0, 0.05) is 25.8 Å². The minimum atomic E-state index is -0.0593. The van der Waals surface area contributed by atoms with Crippen molar-refractivity contribution in [2.75, 3.05) is 0 Å². The number of fused-ring (bicyclic) bond motifs is 2. The van der Waals surface area contributed by atoms with Gasteiger partial charge in [-0.15, -0.1) is 0 Å². The summed E-state index contributed by atoms with van der Waals surface area (Å²) in [5.41, 5.74) is 3.06. The Morgan fingerprint density at radius 1 is 0.778 bits per heavy atom. The van der Waals surface area contributed by atoms with Crippen molar-refractivity contribution in [3.63, 3.8) is 0 Å². The molecule has 0 bridgehead atoms. The second kappa shape index (κ2) is 4.02. The van der Waals surface area contributed by atoms with Gasteiger partial charge in [0.25, 0.3) is 0 Å². The van der Waals surface area contributed by atoms with Crippen LogP contribution >= 0.6 is 22.6 Å². The fourth-order valence-electron chi connectivity index (χ4n) is 2.24. The summed E-state index contributed by atoms with van der Waals surface area (Å²) in [7, 11) is 0. The highest BCUT2D eigenvalue weighted by Crippen LogP contribution is 2.28. The Hall–Kier alpha value is -1.49. The maximum Gasteiger partial charge on any atom is 0.194 e. The average molecular weight is 348 g/mol. The number of halogens is 1. The summed E-state index contributed by atoms with van der Waals surface area (Å²) in [6.07, 6.45) is 0. The van der Waals surface area contributed by atoms with E-state index >= 15 is 0 Å². The van der Waals surface area contributed by atoms with E-state index in [-0.39, 0.29) is 11.6 Å². The zero-order chi connectivity index (χ0) is 12.9. The van der Waals surface area contributed by atoms with Crippen LogP contribution in [-0.2, 0) is 0 Å². The van der Waals surface area contributed by atoms with Crippen LogP contribution in [0.25, 0.3) is 0 Å². The number of benzene rings is 2. The Kier molecular flexibility index (Phi) is 2.59. The fourth-order valence-corrected chi connectivity index (χ4v) is 2.73. The van der Waals surface area contributed by atoms with Crippen LogP contribution in [0.5, 0.6) is 0 Å². The molecule has 2 aromatic rings. The Morgan fingerprint density at radius 3 is 2.06 bits per heavy atom. The number of rotatable bonds is 0. The molecular weight excluding hydrogens is 339 g/mol. The van der Waals surface area contributed by atoms with Crippen molar-refractivity contribution < 1.29 is 9.59 Å². The van der Waals surface area contributed by atoms with E-state index in [2.05, 4.69) is 22.6 Å². The monoisotopic (exact) mass is 348 g/mol. The van der Waals surface area contributed by atoms with Gasteiger partial charge in [-0.2, -0.15) is 0 Å². The van der Waals surface area contributed by atoms with E-state index in [9.17, 15) is 9.59 Å². The molecule has 0 saturated carbocycles. The molecule has 18 heavy (non-hydrogen) atoms. The molecule has 0 fully saturated rings. The van der Waals surface area contributed by atoms with Crippen LogP contribution in [0, 0.1) is 10.5 Å². The largest absolute Gasteiger partial charge is 0.289 e. The highest BCUT2D eigenvalue weighted by atomic mass is 127. The SMILES string of the molecule is Cc1ccc2c(c1)C(=O)c1cc(I)ccc1C2=O. The Labute approximate surface area is 118 Å². The van der Waals surface area contributed by atoms with E-state index in [0.29, 0.717) is 22.3 Å². The smallest absolute Gasteiger partial charge is 0.194 e. The first-order chi connectivity index (χ1) is 8.58. The van der Waals surface area contributed by atoms with Crippen molar-refractivity contribution in [1.82, 2.24) is 0 Å². The van der Waals surface area contributed by atoms with E-state index in [0.717, 1.165) is 9.13 Å². The molecule has 1 aliphatic carbocycles. The van der Waals surface area contributed by atoms with Crippen molar-refractivity contribution >= 4 is 34.2 Å². The predicted octanol–water partition coefficient (Wildman–Crippen LogP) is 3.38. The van der Waals surface area contributed by atoms with Crippen molar-refractivity contribution in [3.8, 4) is 0 Å². The van der Waals surface area contributed by atoms with Crippen LogP contribution in [0.2, 0.25) is 0 Å². The summed E-state index contributed by atoms with van der Waals surface area (Å²) < 4.78 is 0.962. The first-order valence-electron chi connectivity index (χ1n) is 5.57. The third kappa shape index (κ3) is 1.61. The van der Waals surface area contributed by atoms with Crippen LogP contribution in [0.15, 0.2) is 36.4 Å². The van der Waals surface area contributed by atoms with Gasteiger partial charge in [0.2, 0.25) is 0 Å². The van der Waals surface area contributed by atoms with Gasteiger partial charge in [-0.25, -0.2) is 0 Å². The van der Waals surface area contributed by atoms with Crippen LogP contribution in [0.3, 0.4) is 0 Å². The van der Waals surface area contributed by atoms with Gasteiger partial charge in [-0.05, 0) is 53.8 Å². The lowest BCUT2D eigenvalue weighted by molar-refractivity contribution is 0.0979. The zero-order valence-electron chi connectivity index (χ0n) is 9.66. The number of hydrogen-bond acceptors (Lipinski definition) is 2. The molecule has 0 unspecified atom stereocenters. The van der Waals surface area contributed by atoms with Crippen molar-refractivity contribution in [1.29, 1.82) is 0 Å². The van der Waals surface area contributed by atoms with Gasteiger partial charge < -0.3 is 0 Å². The van der Waals surface area contributed by atoms with E-state index in [1.54, 1.807) is 24.3 Å². The molecule has 88 valence electrons. The van der Waals surface area contributed by atoms with Gasteiger partial charge in [0.15, 0.2) is 11.6 Å². The number of carbonyl (C=O) groups is 2. The summed E-state index contributed by atoms with van der Waals surface area (Å²) in [5, 5.41) is 0. The average Bonchev–Trinajstić information content (AvgIpc) is 2.35. The lowest BCUT2D eigenvalue weighted by Gasteiger charge is -2.17. The molecule has 0 spiro atoms. The quantitative estimate of drug-likeness (QED) is 0.584. The van der Waals surface area contributed by atoms with Gasteiger partial charge in [0.05, 0.1) is 0 Å². The highest BCUT2D eigenvalue weighted by molar-refractivity contribution is 14.1. The Morgan fingerprint density at radius 2 is 1.33 bits per heavy atom. The first-order valence-corrected chi connectivity index (χ1v) is 6.65. The molecule has 0 radical (unpaired) electrons. The summed E-state index contributed by atoms with van der Waals surface area (Å²) in [6, 6.07) is 10.8. The molecule has 0 amide bonds. The number of aryl methyl sites for hydroxylation is 1. The molecule has 0 aliphatic heterocycles. The zero-order valence-corrected chi connectivity index (χ0v) is 11.8. The van der Waals surface area contributed by atoms with Crippen molar-refractivity contribution in [2.24, 2.45) is 0 Å². The van der Waals surface area contributed by atoms with Gasteiger partial charge in [-0.1, -0.05) is 17.7 Å². The van der Waals surface area contributed by atoms with E-state index < -0.39 is 0 Å². The lowest BCUT2D eigenvalue weighted by Crippen LogP contribution is -2.21. The topological polar surface area (TPSA) is 34.1 Å². The van der Waals surface area contributed by atoms with Crippen LogP contribution < -0.4 is 0 Å². The molecule has 3 rings (SSSR count). The molecule has 2 aromatic carbocycles. The maximum absolute atomic E-state index is 12.4. The second-order valence-electron chi connectivity index (χ2n) is 4.40. The molecule has 1 aliphatic rings. The molecule has 2 nitrogen and oxygen atoms in total. The fraction of sp³-hybridized carbons (Fsp3) is 0.0667. The van der Waals surface area contributed by atoms with Crippen LogP contribution in [0.4, 0.5) is 0 Å². The molecule has 3 heteroatoms. The molecule has 0 aromatic heterocycles. The van der Waals surface area contributed by atoms with Gasteiger partial charge >= 0.3 is 0 Å². The molecule has 0 atom stereocenters. The standard InChI is InChI=1S/C15H9IO2/c1-8-2-4-10-12(6-8)15(18)13-7-9(16)3-5-11(13)14(10)17/h2-7H,1H3. The van der Waals surface area contributed by atoms with Crippen molar-refractivity contribution in [2.45, 2.75) is 6.92 Å². The van der Waals surface area contributed by atoms with E-state index in [1.165, 1.54) is 0 Å². The second-order valence-corrected chi connectivity index (χ2v) is 5.64. The Balaban J connectivity index is 2.32. The van der Waals surface area contributed by atoms with E-state index in [4.69, 9.17) is 0 Å². The minimum Gasteiger partial charge on any atom is -0.289 e.